The molecule has 0 aliphatic rings. The van der Waals surface area contributed by atoms with E-state index in [0.29, 0.717) is 10.6 Å². The van der Waals surface area contributed by atoms with Crippen molar-refractivity contribution in [1.82, 2.24) is 4.98 Å². The van der Waals surface area contributed by atoms with E-state index < -0.39 is 7.14 Å². The summed E-state index contributed by atoms with van der Waals surface area (Å²) in [6.07, 6.45) is 0. The molecule has 1 aromatic rings. The lowest BCUT2D eigenvalue weighted by Gasteiger charge is -2.05. The molecule has 1 aromatic heterocycles. The van der Waals surface area contributed by atoms with Gasteiger partial charge >= 0.3 is 0 Å². The third-order valence-electron chi connectivity index (χ3n) is 1.34. The monoisotopic (exact) mass is 267 g/mol. The third-order valence-corrected chi connectivity index (χ3v) is 3.85. The second kappa shape index (κ2) is 3.49. The van der Waals surface area contributed by atoms with Gasteiger partial charge in [0.25, 0.3) is 0 Å². The van der Waals surface area contributed by atoms with Gasteiger partial charge in [0.1, 0.15) is 17.7 Å². The topological polar surface area (TPSA) is 30.0 Å². The normalized spacial score (nSPS) is 11.7. The van der Waals surface area contributed by atoms with Gasteiger partial charge in [0.15, 0.2) is 0 Å². The van der Waals surface area contributed by atoms with Crippen molar-refractivity contribution in [3.05, 3.63) is 21.8 Å². The summed E-state index contributed by atoms with van der Waals surface area (Å²) in [5, 5.41) is 0.358. The van der Waals surface area contributed by atoms with Gasteiger partial charge in [0.2, 0.25) is 0 Å². The third kappa shape index (κ3) is 2.32. The molecule has 0 unspecified atom stereocenters. The summed E-state index contributed by atoms with van der Waals surface area (Å²) >= 11 is 8.95. The molecule has 0 aliphatic heterocycles. The van der Waals surface area contributed by atoms with Gasteiger partial charge in [0.05, 0.1) is 4.47 Å². The molecule has 0 bridgehead atoms. The second-order valence-corrected chi connectivity index (χ2v) is 7.17. The Morgan fingerprint density at radius 2 is 2.08 bits per heavy atom. The average molecular weight is 268 g/mol. The fourth-order valence-corrected chi connectivity index (χ4v) is 1.92. The first-order valence-electron chi connectivity index (χ1n) is 3.29. The van der Waals surface area contributed by atoms with Gasteiger partial charge in [-0.1, -0.05) is 11.6 Å². The first-order chi connectivity index (χ1) is 5.41. The van der Waals surface area contributed by atoms with Crippen LogP contribution in [0.3, 0.4) is 0 Å². The van der Waals surface area contributed by atoms with E-state index in [-0.39, 0.29) is 0 Å². The van der Waals surface area contributed by atoms with Crippen molar-refractivity contribution in [3.63, 3.8) is 0 Å². The van der Waals surface area contributed by atoms with Gasteiger partial charge < -0.3 is 4.57 Å². The summed E-state index contributed by atoms with van der Waals surface area (Å²) in [4.78, 5) is 4.00. The van der Waals surface area contributed by atoms with Crippen LogP contribution in [0.15, 0.2) is 16.6 Å². The largest absolute Gasteiger partial charge is 0.318 e. The molecule has 2 nitrogen and oxygen atoms in total. The zero-order valence-corrected chi connectivity index (χ0v) is 9.95. The second-order valence-electron chi connectivity index (χ2n) is 2.79. The number of hydrogen-bond donors (Lipinski definition) is 0. The molecule has 0 fully saturated rings. The van der Waals surface area contributed by atoms with Crippen molar-refractivity contribution in [2.75, 3.05) is 13.3 Å². The minimum absolute atomic E-state index is 0.358. The lowest BCUT2D eigenvalue weighted by molar-refractivity contribution is 0.588. The standard InChI is InChI=1S/C7H8BrClNOP/c1-12(2,11)6-4-3-5(8)7(9)10-6/h3-4H,1-2H3. The quantitative estimate of drug-likeness (QED) is 0.579. The van der Waals surface area contributed by atoms with Crippen molar-refractivity contribution in [2.45, 2.75) is 0 Å². The Hall–Kier alpha value is 0.150. The minimum Gasteiger partial charge on any atom is -0.318 e. The van der Waals surface area contributed by atoms with E-state index in [1.165, 1.54) is 0 Å². The molecule has 1 heterocycles. The summed E-state index contributed by atoms with van der Waals surface area (Å²) in [6, 6.07) is 3.47. The fraction of sp³-hybridized carbons (Fsp3) is 0.286. The van der Waals surface area contributed by atoms with Crippen LogP contribution in [0.25, 0.3) is 0 Å². The Kier molecular flexibility index (Phi) is 2.97. The molecule has 1 rings (SSSR count). The van der Waals surface area contributed by atoms with Gasteiger partial charge in [0, 0.05) is 0 Å². The predicted octanol–water partition coefficient (Wildman–Crippen LogP) is 2.75. The summed E-state index contributed by atoms with van der Waals surface area (Å²) in [6.45, 7) is 3.33. The predicted molar refractivity (Wildman–Crippen MR) is 56.0 cm³/mol. The molecule has 0 spiro atoms. The van der Waals surface area contributed by atoms with Crippen molar-refractivity contribution in [3.8, 4) is 0 Å². The van der Waals surface area contributed by atoms with Crippen LogP contribution in [0.4, 0.5) is 0 Å². The Bertz CT molecular complexity index is 349. The van der Waals surface area contributed by atoms with Crippen molar-refractivity contribution in [2.24, 2.45) is 0 Å². The molecule has 0 saturated heterocycles. The van der Waals surface area contributed by atoms with Crippen LogP contribution in [-0.4, -0.2) is 18.3 Å². The molecule has 0 radical (unpaired) electrons. The zero-order valence-electron chi connectivity index (χ0n) is 6.71. The molecule has 0 N–H and O–H groups in total. The Morgan fingerprint density at radius 1 is 1.50 bits per heavy atom. The van der Waals surface area contributed by atoms with E-state index in [1.807, 2.05) is 0 Å². The van der Waals surface area contributed by atoms with E-state index in [4.69, 9.17) is 11.6 Å². The van der Waals surface area contributed by atoms with Crippen molar-refractivity contribution >= 4 is 40.1 Å². The number of hydrogen-bond acceptors (Lipinski definition) is 2. The van der Waals surface area contributed by atoms with E-state index >= 15 is 0 Å². The van der Waals surface area contributed by atoms with Crippen LogP contribution in [0.2, 0.25) is 5.15 Å². The molecule has 66 valence electrons. The molecule has 0 saturated carbocycles. The number of nitrogens with zero attached hydrogens (tertiary/aromatic N) is 1. The summed E-state index contributed by atoms with van der Waals surface area (Å²) in [5.41, 5.74) is 0.565. The number of rotatable bonds is 1. The molecular formula is C7H8BrClNOP. The van der Waals surface area contributed by atoms with Crippen LogP contribution >= 0.6 is 34.7 Å². The first kappa shape index (κ1) is 10.2. The van der Waals surface area contributed by atoms with Crippen LogP contribution in [0.5, 0.6) is 0 Å². The average Bonchev–Trinajstić information content (AvgIpc) is 1.92. The van der Waals surface area contributed by atoms with Gasteiger partial charge in [-0.15, -0.1) is 0 Å². The van der Waals surface area contributed by atoms with Gasteiger partial charge in [-0.05, 0) is 41.4 Å². The van der Waals surface area contributed by atoms with Gasteiger partial charge in [-0.2, -0.15) is 0 Å². The fourth-order valence-electron chi connectivity index (χ4n) is 0.708. The highest BCUT2D eigenvalue weighted by Crippen LogP contribution is 2.34. The molecule has 0 aromatic carbocycles. The number of pyridine rings is 1. The summed E-state index contributed by atoms with van der Waals surface area (Å²) in [5.74, 6) is 0. The summed E-state index contributed by atoms with van der Waals surface area (Å²) in [7, 11) is -2.28. The van der Waals surface area contributed by atoms with Crippen LogP contribution < -0.4 is 5.44 Å². The molecule has 5 heteroatoms. The van der Waals surface area contributed by atoms with Crippen molar-refractivity contribution in [1.29, 1.82) is 0 Å². The SMILES string of the molecule is CP(C)(=O)c1ccc(Br)c(Cl)n1. The Balaban J connectivity index is 3.23. The Morgan fingerprint density at radius 3 is 2.50 bits per heavy atom. The van der Waals surface area contributed by atoms with Crippen LogP contribution in [-0.2, 0) is 4.57 Å². The zero-order chi connectivity index (χ0) is 9.35. The molecular weight excluding hydrogens is 260 g/mol. The molecule has 0 atom stereocenters. The smallest absolute Gasteiger partial charge is 0.144 e. The number of halogens is 2. The van der Waals surface area contributed by atoms with Gasteiger partial charge in [-0.25, -0.2) is 4.98 Å². The van der Waals surface area contributed by atoms with Crippen LogP contribution in [0, 0.1) is 0 Å². The molecule has 12 heavy (non-hydrogen) atoms. The van der Waals surface area contributed by atoms with Crippen LogP contribution in [0.1, 0.15) is 0 Å². The highest BCUT2D eigenvalue weighted by atomic mass is 79.9. The van der Waals surface area contributed by atoms with Crippen molar-refractivity contribution < 1.29 is 4.57 Å². The van der Waals surface area contributed by atoms with E-state index in [9.17, 15) is 4.57 Å². The van der Waals surface area contributed by atoms with Gasteiger partial charge in [-0.3, -0.25) is 0 Å². The summed E-state index contributed by atoms with van der Waals surface area (Å²) < 4.78 is 12.3. The number of aromatic nitrogens is 1. The van der Waals surface area contributed by atoms with E-state index in [0.717, 1.165) is 4.47 Å². The maximum atomic E-state index is 11.5. The highest BCUT2D eigenvalue weighted by molar-refractivity contribution is 9.10. The lowest BCUT2D eigenvalue weighted by atomic mass is 10.5. The minimum atomic E-state index is -2.28. The highest BCUT2D eigenvalue weighted by Gasteiger charge is 2.13. The maximum absolute atomic E-state index is 11.5. The van der Waals surface area contributed by atoms with E-state index in [2.05, 4.69) is 20.9 Å². The lowest BCUT2D eigenvalue weighted by Crippen LogP contribution is -2.07. The first-order valence-corrected chi connectivity index (χ1v) is 7.06. The molecule has 0 aliphatic carbocycles. The van der Waals surface area contributed by atoms with E-state index in [1.54, 1.807) is 25.5 Å². The molecule has 0 amide bonds. The Labute approximate surface area is 84.8 Å². The maximum Gasteiger partial charge on any atom is 0.144 e.